The molecule has 1 atom stereocenters. The number of amides is 1. The topological polar surface area (TPSA) is 59.5 Å². The van der Waals surface area contributed by atoms with E-state index in [1.807, 2.05) is 0 Å². The molecule has 5 heteroatoms. The molecule has 0 aliphatic heterocycles. The molecule has 1 aromatic rings. The second-order valence-electron chi connectivity index (χ2n) is 4.71. The summed E-state index contributed by atoms with van der Waals surface area (Å²) in [6, 6.07) is 4.72. The number of carbonyl (C=O) groups excluding carboxylic acids is 2. The van der Waals surface area contributed by atoms with Gasteiger partial charge in [-0.3, -0.25) is 9.78 Å². The Morgan fingerprint density at radius 2 is 2.16 bits per heavy atom. The molecular formula is C14H18N2O3. The third-order valence-electron chi connectivity index (χ3n) is 3.55. The fourth-order valence-electron chi connectivity index (χ4n) is 2.23. The van der Waals surface area contributed by atoms with Crippen LogP contribution in [0.5, 0.6) is 0 Å². The predicted molar refractivity (Wildman–Crippen MR) is 69.5 cm³/mol. The Bertz CT molecular complexity index is 457. The molecule has 2 rings (SSSR count). The Hall–Kier alpha value is -1.91. The van der Waals surface area contributed by atoms with Crippen LogP contribution in [-0.2, 0) is 9.53 Å². The molecule has 0 radical (unpaired) electrons. The van der Waals surface area contributed by atoms with E-state index in [2.05, 4.69) is 4.98 Å². The molecule has 1 fully saturated rings. The number of hydrogen-bond acceptors (Lipinski definition) is 4. The molecule has 0 unspecified atom stereocenters. The molecular weight excluding hydrogens is 244 g/mol. The number of rotatable bonds is 4. The van der Waals surface area contributed by atoms with Gasteiger partial charge in [0, 0.05) is 12.2 Å². The van der Waals surface area contributed by atoms with Crippen LogP contribution >= 0.6 is 0 Å². The van der Waals surface area contributed by atoms with Gasteiger partial charge in [0.1, 0.15) is 11.7 Å². The molecule has 0 saturated heterocycles. The number of methoxy groups -OCH3 is 1. The highest BCUT2D eigenvalue weighted by atomic mass is 16.5. The summed E-state index contributed by atoms with van der Waals surface area (Å²) in [6.07, 6.45) is 4.53. The molecule has 1 heterocycles. The third kappa shape index (κ3) is 2.75. The van der Waals surface area contributed by atoms with Crippen molar-refractivity contribution in [2.45, 2.75) is 38.3 Å². The minimum Gasteiger partial charge on any atom is -0.467 e. The van der Waals surface area contributed by atoms with E-state index in [0.29, 0.717) is 5.69 Å². The highest BCUT2D eigenvalue weighted by Gasteiger charge is 2.36. The quantitative estimate of drug-likeness (QED) is 0.774. The first-order chi connectivity index (χ1) is 9.15. The molecule has 19 heavy (non-hydrogen) atoms. The average molecular weight is 262 g/mol. The number of carbonyl (C=O) groups is 2. The number of aromatic nitrogens is 1. The predicted octanol–water partition coefficient (Wildman–Crippen LogP) is 1.64. The standard InChI is InChI=1S/C14H18N2O3/c1-10(14(18)19-2)16(11-6-5-7-11)13(17)12-8-3-4-9-15-12/h3-4,8-11H,5-7H2,1-2H3/t10-/m1/s1. The van der Waals surface area contributed by atoms with E-state index in [9.17, 15) is 9.59 Å². The normalized spacial score (nSPS) is 16.3. The molecule has 1 saturated carbocycles. The van der Waals surface area contributed by atoms with Crippen LogP contribution in [0.2, 0.25) is 0 Å². The van der Waals surface area contributed by atoms with Gasteiger partial charge in [-0.05, 0) is 38.3 Å². The van der Waals surface area contributed by atoms with Crippen LogP contribution in [0.1, 0.15) is 36.7 Å². The minimum atomic E-state index is -0.579. The zero-order chi connectivity index (χ0) is 13.8. The van der Waals surface area contributed by atoms with Crippen LogP contribution in [-0.4, -0.2) is 41.0 Å². The Balaban J connectivity index is 2.22. The smallest absolute Gasteiger partial charge is 0.328 e. The van der Waals surface area contributed by atoms with E-state index in [1.54, 1.807) is 36.2 Å². The second kappa shape index (κ2) is 5.82. The summed E-state index contributed by atoms with van der Waals surface area (Å²) in [6.45, 7) is 1.70. The van der Waals surface area contributed by atoms with Gasteiger partial charge in [0.25, 0.3) is 5.91 Å². The van der Waals surface area contributed by atoms with Gasteiger partial charge in [0.05, 0.1) is 7.11 Å². The second-order valence-corrected chi connectivity index (χ2v) is 4.71. The maximum absolute atomic E-state index is 12.5. The first kappa shape index (κ1) is 13.5. The van der Waals surface area contributed by atoms with Crippen LogP contribution in [0.4, 0.5) is 0 Å². The SMILES string of the molecule is COC(=O)[C@@H](C)N(C(=O)c1ccccn1)C1CCC1. The zero-order valence-corrected chi connectivity index (χ0v) is 11.2. The molecule has 1 aromatic heterocycles. The van der Waals surface area contributed by atoms with Gasteiger partial charge >= 0.3 is 5.97 Å². The number of nitrogens with zero attached hydrogens (tertiary/aromatic N) is 2. The average Bonchev–Trinajstić information content (AvgIpc) is 2.41. The number of hydrogen-bond donors (Lipinski definition) is 0. The van der Waals surface area contributed by atoms with Crippen molar-refractivity contribution >= 4 is 11.9 Å². The lowest BCUT2D eigenvalue weighted by molar-refractivity contribution is -0.146. The van der Waals surface area contributed by atoms with Crippen molar-refractivity contribution in [1.82, 2.24) is 9.88 Å². The molecule has 0 spiro atoms. The van der Waals surface area contributed by atoms with E-state index in [4.69, 9.17) is 4.74 Å². The van der Waals surface area contributed by atoms with Gasteiger partial charge in [0.15, 0.2) is 0 Å². The summed E-state index contributed by atoms with van der Waals surface area (Å²) >= 11 is 0. The molecule has 0 bridgehead atoms. The summed E-state index contributed by atoms with van der Waals surface area (Å²) in [5.41, 5.74) is 0.366. The van der Waals surface area contributed by atoms with Gasteiger partial charge < -0.3 is 9.64 Å². The Morgan fingerprint density at radius 3 is 2.63 bits per heavy atom. The van der Waals surface area contributed by atoms with Crippen LogP contribution in [0.15, 0.2) is 24.4 Å². The van der Waals surface area contributed by atoms with E-state index in [1.165, 1.54) is 7.11 Å². The first-order valence-corrected chi connectivity index (χ1v) is 6.46. The number of esters is 1. The summed E-state index contributed by atoms with van der Waals surface area (Å²) in [7, 11) is 1.34. The zero-order valence-electron chi connectivity index (χ0n) is 11.2. The van der Waals surface area contributed by atoms with Crippen molar-refractivity contribution in [3.8, 4) is 0 Å². The largest absolute Gasteiger partial charge is 0.467 e. The van der Waals surface area contributed by atoms with Gasteiger partial charge in [-0.2, -0.15) is 0 Å². The maximum Gasteiger partial charge on any atom is 0.328 e. The van der Waals surface area contributed by atoms with Crippen LogP contribution in [0.3, 0.4) is 0 Å². The highest BCUT2D eigenvalue weighted by molar-refractivity contribution is 5.95. The fraction of sp³-hybridized carbons (Fsp3) is 0.500. The molecule has 1 aliphatic rings. The number of pyridine rings is 1. The summed E-state index contributed by atoms with van der Waals surface area (Å²) < 4.78 is 4.74. The van der Waals surface area contributed by atoms with Gasteiger partial charge in [0.2, 0.25) is 0 Å². The third-order valence-corrected chi connectivity index (χ3v) is 3.55. The lowest BCUT2D eigenvalue weighted by Crippen LogP contribution is -2.52. The summed E-state index contributed by atoms with van der Waals surface area (Å²) in [5, 5.41) is 0. The van der Waals surface area contributed by atoms with Gasteiger partial charge in [-0.15, -0.1) is 0 Å². The molecule has 1 aliphatic carbocycles. The Morgan fingerprint density at radius 1 is 1.42 bits per heavy atom. The van der Waals surface area contributed by atoms with Crippen molar-refractivity contribution in [3.63, 3.8) is 0 Å². The molecule has 102 valence electrons. The lowest BCUT2D eigenvalue weighted by atomic mass is 9.90. The fourth-order valence-corrected chi connectivity index (χ4v) is 2.23. The van der Waals surface area contributed by atoms with E-state index in [-0.39, 0.29) is 11.9 Å². The number of ether oxygens (including phenoxy) is 1. The maximum atomic E-state index is 12.5. The highest BCUT2D eigenvalue weighted by Crippen LogP contribution is 2.28. The van der Waals surface area contributed by atoms with Crippen LogP contribution < -0.4 is 0 Å². The van der Waals surface area contributed by atoms with Crippen molar-refractivity contribution in [1.29, 1.82) is 0 Å². The Kier molecular flexibility index (Phi) is 4.14. The Labute approximate surface area is 112 Å². The van der Waals surface area contributed by atoms with Gasteiger partial charge in [-0.25, -0.2) is 4.79 Å². The van der Waals surface area contributed by atoms with Crippen molar-refractivity contribution in [3.05, 3.63) is 30.1 Å². The van der Waals surface area contributed by atoms with Gasteiger partial charge in [-0.1, -0.05) is 6.07 Å². The molecule has 1 amide bonds. The van der Waals surface area contributed by atoms with Crippen molar-refractivity contribution in [2.24, 2.45) is 0 Å². The first-order valence-electron chi connectivity index (χ1n) is 6.46. The molecule has 0 aromatic carbocycles. The van der Waals surface area contributed by atoms with Crippen LogP contribution in [0, 0.1) is 0 Å². The monoisotopic (exact) mass is 262 g/mol. The lowest BCUT2D eigenvalue weighted by Gasteiger charge is -2.40. The van der Waals surface area contributed by atoms with Crippen LogP contribution in [0.25, 0.3) is 0 Å². The molecule has 0 N–H and O–H groups in total. The van der Waals surface area contributed by atoms with E-state index < -0.39 is 12.0 Å². The molecule has 5 nitrogen and oxygen atoms in total. The minimum absolute atomic E-state index is 0.114. The van der Waals surface area contributed by atoms with Crippen molar-refractivity contribution in [2.75, 3.05) is 7.11 Å². The van der Waals surface area contributed by atoms with E-state index in [0.717, 1.165) is 19.3 Å². The summed E-state index contributed by atoms with van der Waals surface area (Å²) in [4.78, 5) is 29.9. The summed E-state index contributed by atoms with van der Waals surface area (Å²) in [5.74, 6) is -0.598. The van der Waals surface area contributed by atoms with E-state index >= 15 is 0 Å². The van der Waals surface area contributed by atoms with Crippen molar-refractivity contribution < 1.29 is 14.3 Å².